The smallest absolute Gasteiger partial charge is 0.395 e. The molecule has 7 heteroatoms. The lowest BCUT2D eigenvalue weighted by atomic mass is 10.2. The number of nitrogens with zero attached hydrogens (tertiary/aromatic N) is 1. The number of halogens is 4. The molecule has 0 unspecified atom stereocenters. The van der Waals surface area contributed by atoms with E-state index in [9.17, 15) is 13.2 Å². The highest BCUT2D eigenvalue weighted by molar-refractivity contribution is 6.29. The summed E-state index contributed by atoms with van der Waals surface area (Å²) < 4.78 is 36.9. The molecular weight excluding hydrogens is 219 g/mol. The number of anilines is 2. The molecule has 0 spiro atoms. The van der Waals surface area contributed by atoms with Crippen LogP contribution in [0.15, 0.2) is 6.07 Å². The van der Waals surface area contributed by atoms with Gasteiger partial charge < -0.3 is 11.1 Å². The second-order valence-corrected chi connectivity index (χ2v) is 2.89. The third-order valence-corrected chi connectivity index (χ3v) is 1.76. The van der Waals surface area contributed by atoms with Crippen LogP contribution in [0.1, 0.15) is 5.69 Å². The van der Waals surface area contributed by atoms with Gasteiger partial charge in [0.15, 0.2) is 5.69 Å². The Bertz CT molecular complexity index is 351. The van der Waals surface area contributed by atoms with E-state index in [1.807, 2.05) is 0 Å². The van der Waals surface area contributed by atoms with E-state index in [0.29, 0.717) is 0 Å². The minimum Gasteiger partial charge on any atom is -0.395 e. The van der Waals surface area contributed by atoms with E-state index in [1.54, 1.807) is 0 Å². The van der Waals surface area contributed by atoms with Gasteiger partial charge in [0.05, 0.1) is 11.4 Å². The molecular formula is C7H7ClF3N3. The molecule has 14 heavy (non-hydrogen) atoms. The van der Waals surface area contributed by atoms with Gasteiger partial charge >= 0.3 is 6.18 Å². The summed E-state index contributed by atoms with van der Waals surface area (Å²) in [4.78, 5) is 3.13. The van der Waals surface area contributed by atoms with E-state index in [-0.39, 0.29) is 10.8 Å². The summed E-state index contributed by atoms with van der Waals surface area (Å²) in [6.07, 6.45) is -4.60. The average Bonchev–Trinajstić information content (AvgIpc) is 2.06. The molecule has 0 saturated carbocycles. The van der Waals surface area contributed by atoms with Gasteiger partial charge in [0, 0.05) is 13.1 Å². The molecule has 0 atom stereocenters. The zero-order chi connectivity index (χ0) is 10.9. The zero-order valence-electron chi connectivity index (χ0n) is 7.11. The number of hydrogen-bond acceptors (Lipinski definition) is 3. The second kappa shape index (κ2) is 3.53. The maximum Gasteiger partial charge on any atom is 0.435 e. The highest BCUT2D eigenvalue weighted by Crippen LogP contribution is 2.36. The van der Waals surface area contributed by atoms with Gasteiger partial charge in [0.2, 0.25) is 0 Å². The van der Waals surface area contributed by atoms with Crippen LogP contribution in [0.25, 0.3) is 0 Å². The van der Waals surface area contributed by atoms with Crippen molar-refractivity contribution in [3.63, 3.8) is 0 Å². The van der Waals surface area contributed by atoms with Crippen LogP contribution in [0.3, 0.4) is 0 Å². The lowest BCUT2D eigenvalue weighted by molar-refractivity contribution is -0.140. The number of aromatic nitrogens is 1. The Labute approximate surface area is 83.1 Å². The minimum atomic E-state index is -4.60. The Morgan fingerprint density at radius 3 is 2.50 bits per heavy atom. The number of nitrogen functional groups attached to an aromatic ring is 1. The molecule has 3 N–H and O–H groups in total. The number of pyridine rings is 1. The first kappa shape index (κ1) is 10.9. The Morgan fingerprint density at radius 1 is 1.50 bits per heavy atom. The van der Waals surface area contributed by atoms with E-state index in [4.69, 9.17) is 17.3 Å². The number of alkyl halides is 3. The van der Waals surface area contributed by atoms with E-state index in [0.717, 1.165) is 0 Å². The van der Waals surface area contributed by atoms with Crippen LogP contribution in [0.5, 0.6) is 0 Å². The molecule has 0 fully saturated rings. The monoisotopic (exact) mass is 225 g/mol. The van der Waals surface area contributed by atoms with Gasteiger partial charge in [-0.3, -0.25) is 0 Å². The number of nitrogens with one attached hydrogen (secondary N) is 1. The fraction of sp³-hybridized carbons (Fsp3) is 0.286. The summed E-state index contributed by atoms with van der Waals surface area (Å²) in [5.41, 5.74) is 3.73. The molecule has 0 aliphatic rings. The van der Waals surface area contributed by atoms with E-state index in [2.05, 4.69) is 10.3 Å². The lowest BCUT2D eigenvalue weighted by Crippen LogP contribution is -2.13. The van der Waals surface area contributed by atoms with Crippen LogP contribution in [0.4, 0.5) is 24.5 Å². The van der Waals surface area contributed by atoms with Gasteiger partial charge in [0.25, 0.3) is 0 Å². The number of hydrogen-bond donors (Lipinski definition) is 2. The third-order valence-electron chi connectivity index (χ3n) is 1.57. The normalized spacial score (nSPS) is 11.5. The SMILES string of the molecule is CNc1cc(Cl)nc(C(F)(F)F)c1N. The minimum absolute atomic E-state index is 0.109. The van der Waals surface area contributed by atoms with E-state index < -0.39 is 17.6 Å². The Hall–Kier alpha value is -1.17. The van der Waals surface area contributed by atoms with Crippen molar-refractivity contribution < 1.29 is 13.2 Å². The molecule has 0 amide bonds. The van der Waals surface area contributed by atoms with Crippen molar-refractivity contribution >= 4 is 23.0 Å². The van der Waals surface area contributed by atoms with Gasteiger partial charge in [-0.05, 0) is 0 Å². The molecule has 1 heterocycles. The highest BCUT2D eigenvalue weighted by Gasteiger charge is 2.36. The van der Waals surface area contributed by atoms with E-state index in [1.165, 1.54) is 13.1 Å². The van der Waals surface area contributed by atoms with Crippen LogP contribution in [0.2, 0.25) is 5.15 Å². The molecule has 0 aliphatic carbocycles. The first-order valence-corrected chi connectivity index (χ1v) is 3.95. The van der Waals surface area contributed by atoms with Crippen LogP contribution in [0, 0.1) is 0 Å². The van der Waals surface area contributed by atoms with Gasteiger partial charge in [-0.2, -0.15) is 13.2 Å². The zero-order valence-corrected chi connectivity index (χ0v) is 7.87. The molecule has 3 nitrogen and oxygen atoms in total. The molecule has 0 saturated heterocycles. The molecule has 1 aromatic heterocycles. The first-order chi connectivity index (χ1) is 6.36. The summed E-state index contributed by atoms with van der Waals surface area (Å²) in [5, 5.41) is 2.25. The summed E-state index contributed by atoms with van der Waals surface area (Å²) in [6, 6.07) is 1.23. The first-order valence-electron chi connectivity index (χ1n) is 3.57. The van der Waals surface area contributed by atoms with Crippen molar-refractivity contribution in [3.8, 4) is 0 Å². The van der Waals surface area contributed by atoms with Gasteiger partial charge in [-0.25, -0.2) is 4.98 Å². The molecule has 0 bridgehead atoms. The van der Waals surface area contributed by atoms with Gasteiger partial charge in [-0.1, -0.05) is 11.6 Å². The van der Waals surface area contributed by atoms with Crippen LogP contribution < -0.4 is 11.1 Å². The molecule has 0 aromatic carbocycles. The number of rotatable bonds is 1. The molecule has 1 rings (SSSR count). The standard InChI is InChI=1S/C7H7ClF3N3/c1-13-3-2-4(8)14-6(5(3)12)7(9,10)11/h2H,12H2,1H3,(H,13,14). The number of nitrogens with two attached hydrogens (primary N) is 1. The van der Waals surface area contributed by atoms with Crippen molar-refractivity contribution in [2.45, 2.75) is 6.18 Å². The Balaban J connectivity index is 3.37. The largest absolute Gasteiger partial charge is 0.435 e. The fourth-order valence-electron chi connectivity index (χ4n) is 0.947. The second-order valence-electron chi connectivity index (χ2n) is 2.50. The third kappa shape index (κ3) is 2.01. The fourth-order valence-corrected chi connectivity index (χ4v) is 1.14. The quantitative estimate of drug-likeness (QED) is 0.722. The predicted molar refractivity (Wildman–Crippen MR) is 48.2 cm³/mol. The van der Waals surface area contributed by atoms with Crippen molar-refractivity contribution in [2.24, 2.45) is 0 Å². The maximum absolute atomic E-state index is 12.3. The highest BCUT2D eigenvalue weighted by atomic mass is 35.5. The Morgan fingerprint density at radius 2 is 2.07 bits per heavy atom. The molecule has 0 aliphatic heterocycles. The van der Waals surface area contributed by atoms with Crippen LogP contribution >= 0.6 is 11.6 Å². The summed E-state index contributed by atoms with van der Waals surface area (Å²) in [6.45, 7) is 0. The van der Waals surface area contributed by atoms with E-state index >= 15 is 0 Å². The predicted octanol–water partition coefficient (Wildman–Crippen LogP) is 2.38. The van der Waals surface area contributed by atoms with Crippen molar-refractivity contribution in [3.05, 3.63) is 16.9 Å². The average molecular weight is 226 g/mol. The van der Waals surface area contributed by atoms with Crippen LogP contribution in [-0.4, -0.2) is 12.0 Å². The van der Waals surface area contributed by atoms with Gasteiger partial charge in [-0.15, -0.1) is 0 Å². The summed E-state index contributed by atoms with van der Waals surface area (Å²) in [7, 11) is 1.45. The topological polar surface area (TPSA) is 50.9 Å². The maximum atomic E-state index is 12.3. The van der Waals surface area contributed by atoms with Crippen molar-refractivity contribution in [1.82, 2.24) is 4.98 Å². The lowest BCUT2D eigenvalue weighted by Gasteiger charge is -2.12. The molecule has 78 valence electrons. The van der Waals surface area contributed by atoms with Gasteiger partial charge in [0.1, 0.15) is 5.15 Å². The molecule has 1 aromatic rings. The Kier molecular flexibility index (Phi) is 2.75. The molecule has 0 radical (unpaired) electrons. The van der Waals surface area contributed by atoms with Crippen molar-refractivity contribution in [1.29, 1.82) is 0 Å². The van der Waals surface area contributed by atoms with Crippen molar-refractivity contribution in [2.75, 3.05) is 18.1 Å². The van der Waals surface area contributed by atoms with Crippen LogP contribution in [-0.2, 0) is 6.18 Å². The summed E-state index contributed by atoms with van der Waals surface area (Å²) in [5.74, 6) is 0. The summed E-state index contributed by atoms with van der Waals surface area (Å²) >= 11 is 5.40.